The molecule has 2 aromatic carbocycles. The molecule has 6 rings (SSSR count). The molecule has 4 aliphatic heterocycles. The first-order chi connectivity index (χ1) is 32.6. The Balaban J connectivity index is 0.000000256. The van der Waals surface area contributed by atoms with E-state index in [0.29, 0.717) is 31.0 Å². The monoisotopic (exact) mass is 994 g/mol. The number of cyclic esters (lactones) is 2. The van der Waals surface area contributed by atoms with Gasteiger partial charge in [0.05, 0.1) is 30.1 Å². The van der Waals surface area contributed by atoms with Crippen LogP contribution in [0.1, 0.15) is 112 Å². The average Bonchev–Trinajstić information content (AvgIpc) is 4.07. The van der Waals surface area contributed by atoms with Gasteiger partial charge in [0.25, 0.3) is 0 Å². The quantitative estimate of drug-likeness (QED) is 0.167. The van der Waals surface area contributed by atoms with Crippen LogP contribution in [0.3, 0.4) is 0 Å². The summed E-state index contributed by atoms with van der Waals surface area (Å²) < 4.78 is 79.8. The summed E-state index contributed by atoms with van der Waals surface area (Å²) in [6.07, 6.45) is -1.09. The van der Waals surface area contributed by atoms with E-state index in [1.165, 1.54) is 17.0 Å². The van der Waals surface area contributed by atoms with E-state index in [-0.39, 0.29) is 74.1 Å². The Kier molecular flexibility index (Phi) is 20.0. The number of aryl methyl sites for hydroxylation is 1. The Morgan fingerprint density at radius 1 is 0.671 bits per heavy atom. The van der Waals surface area contributed by atoms with E-state index in [4.69, 9.17) is 23.7 Å². The number of amides is 6. The van der Waals surface area contributed by atoms with Crippen molar-refractivity contribution in [2.75, 3.05) is 33.4 Å². The molecule has 0 spiro atoms. The highest BCUT2D eigenvalue weighted by Crippen LogP contribution is 2.32. The summed E-state index contributed by atoms with van der Waals surface area (Å²) in [5, 5.41) is 11.4. The van der Waals surface area contributed by atoms with Crippen LogP contribution < -0.4 is 0 Å². The van der Waals surface area contributed by atoms with Crippen molar-refractivity contribution in [1.29, 1.82) is 0 Å². The SMILES string of the molecule is CC(C)[C@H]1COC(=O)N1C(=O)CCc1cc(F)cc(F)c1.CC(C)[C@H]1COC(=O)N1C(=O)[C@@H](Cc1cc(F)cc(F)c1)[C@H](O)[C@H]1CCCN1C(=O)OC(C)(C)C.CO[C@H]1CCCN1C(=O)OC(C)(C)C. The molecule has 390 valence electrons. The Morgan fingerprint density at radius 3 is 1.60 bits per heavy atom. The van der Waals surface area contributed by atoms with Crippen molar-refractivity contribution in [3.05, 3.63) is 70.8 Å². The highest BCUT2D eigenvalue weighted by molar-refractivity contribution is 5.95. The summed E-state index contributed by atoms with van der Waals surface area (Å²) in [4.78, 5) is 79.5. The first kappa shape index (κ1) is 57.1. The molecule has 4 saturated heterocycles. The number of halogens is 4. The number of likely N-dealkylation sites (tertiary alicyclic amines) is 2. The number of aliphatic hydroxyl groups excluding tert-OH is 1. The number of hydrogen-bond acceptors (Lipinski definition) is 12. The van der Waals surface area contributed by atoms with Crippen LogP contribution in [0.4, 0.5) is 36.7 Å². The number of carbonyl (C=O) groups excluding carboxylic acids is 6. The normalized spacial score (nSPS) is 21.2. The molecule has 0 aliphatic carbocycles. The third kappa shape index (κ3) is 16.0. The molecular weight excluding hydrogens is 925 g/mol. The minimum Gasteiger partial charge on any atom is -0.447 e. The molecule has 4 fully saturated rings. The molecule has 16 nitrogen and oxygen atoms in total. The number of imide groups is 2. The van der Waals surface area contributed by atoms with E-state index < -0.39 is 82.8 Å². The first-order valence-electron chi connectivity index (χ1n) is 23.7. The number of rotatable bonds is 11. The number of carbonyl (C=O) groups is 6. The zero-order valence-electron chi connectivity index (χ0n) is 42.1. The molecule has 70 heavy (non-hydrogen) atoms. The van der Waals surface area contributed by atoms with E-state index in [1.54, 1.807) is 32.8 Å². The molecule has 1 N–H and O–H groups in total. The van der Waals surface area contributed by atoms with Crippen molar-refractivity contribution in [2.24, 2.45) is 17.8 Å². The number of aliphatic hydroxyl groups is 1. The van der Waals surface area contributed by atoms with Gasteiger partial charge in [-0.2, -0.15) is 0 Å². The maximum Gasteiger partial charge on any atom is 0.416 e. The standard InChI is InChI=1S/C25H34F2N2O6.C15H17F2NO3.C10H19NO3/c1-14(2)20-13-34-24(33)29(20)22(31)18(11-15-9-16(26)12-17(27)10-15)21(30)19-7-6-8-28(19)23(32)35-25(3,4)5;1-9(2)13-8-21-15(20)18(13)14(19)4-3-10-5-11(16)7-12(17)6-10;1-10(2,3)14-9(12)11-7-5-6-8(11)13-4/h9-10,12,14,18-21,30H,6-8,11,13H2,1-5H3;5-7,9,13H,3-4,8H2,1-2H3;8H,5-7H2,1-4H3/t18-,19+,20+,21-;13-;8-/m010/s1. The van der Waals surface area contributed by atoms with Crippen LogP contribution in [0, 0.1) is 41.0 Å². The van der Waals surface area contributed by atoms with E-state index in [0.717, 1.165) is 47.4 Å². The molecule has 0 radical (unpaired) electrons. The van der Waals surface area contributed by atoms with Gasteiger partial charge in [-0.05, 0) is 127 Å². The first-order valence-corrected chi connectivity index (χ1v) is 23.7. The highest BCUT2D eigenvalue weighted by atomic mass is 19.1. The third-order valence-electron chi connectivity index (χ3n) is 11.9. The predicted molar refractivity (Wildman–Crippen MR) is 247 cm³/mol. The van der Waals surface area contributed by atoms with Crippen LogP contribution in [0.15, 0.2) is 36.4 Å². The number of nitrogens with zero attached hydrogens (tertiary/aromatic N) is 4. The summed E-state index contributed by atoms with van der Waals surface area (Å²) in [6.45, 7) is 19.5. The van der Waals surface area contributed by atoms with E-state index in [9.17, 15) is 51.4 Å². The van der Waals surface area contributed by atoms with Gasteiger partial charge < -0.3 is 33.7 Å². The van der Waals surface area contributed by atoms with Crippen molar-refractivity contribution in [3.8, 4) is 0 Å². The van der Waals surface area contributed by atoms with Crippen LogP contribution >= 0.6 is 0 Å². The van der Waals surface area contributed by atoms with Crippen LogP contribution in [0.25, 0.3) is 0 Å². The molecule has 2 aromatic rings. The second kappa shape index (κ2) is 24.6. The molecular formula is C50H70F4N4O12. The maximum absolute atomic E-state index is 13.9. The largest absolute Gasteiger partial charge is 0.447 e. The fraction of sp³-hybridized carbons (Fsp3) is 0.640. The Hall–Kier alpha value is -5.50. The fourth-order valence-electron chi connectivity index (χ4n) is 8.51. The molecule has 6 amide bonds. The molecule has 0 saturated carbocycles. The third-order valence-corrected chi connectivity index (χ3v) is 11.9. The van der Waals surface area contributed by atoms with Gasteiger partial charge in [0.1, 0.15) is 53.9 Å². The van der Waals surface area contributed by atoms with Gasteiger partial charge in [-0.25, -0.2) is 46.5 Å². The number of methoxy groups -OCH3 is 1. The number of ether oxygens (including phenoxy) is 5. The van der Waals surface area contributed by atoms with Crippen molar-refractivity contribution in [3.63, 3.8) is 0 Å². The summed E-state index contributed by atoms with van der Waals surface area (Å²) in [5.41, 5.74) is -0.657. The summed E-state index contributed by atoms with van der Waals surface area (Å²) in [5.74, 6) is -5.38. The molecule has 0 bridgehead atoms. The second-order valence-corrected chi connectivity index (χ2v) is 20.5. The van der Waals surface area contributed by atoms with Crippen molar-refractivity contribution >= 4 is 36.2 Å². The zero-order valence-corrected chi connectivity index (χ0v) is 42.1. The summed E-state index contributed by atoms with van der Waals surface area (Å²) in [7, 11) is 1.62. The molecule has 4 heterocycles. The molecule has 6 atom stereocenters. The fourth-order valence-corrected chi connectivity index (χ4v) is 8.51. The summed E-state index contributed by atoms with van der Waals surface area (Å²) in [6, 6.07) is 4.42. The minimum atomic E-state index is -1.41. The smallest absolute Gasteiger partial charge is 0.416 e. The maximum atomic E-state index is 13.9. The number of hydrogen-bond donors (Lipinski definition) is 1. The highest BCUT2D eigenvalue weighted by Gasteiger charge is 2.48. The topological polar surface area (TPSA) is 182 Å². The van der Waals surface area contributed by atoms with Gasteiger partial charge >= 0.3 is 24.4 Å². The van der Waals surface area contributed by atoms with Crippen LogP contribution in [-0.2, 0) is 46.1 Å². The lowest BCUT2D eigenvalue weighted by Crippen LogP contribution is -2.53. The van der Waals surface area contributed by atoms with Crippen LogP contribution in [0.2, 0.25) is 0 Å². The zero-order chi connectivity index (χ0) is 52.4. The lowest BCUT2D eigenvalue weighted by molar-refractivity contribution is -0.139. The Bertz CT molecular complexity index is 2120. The Labute approximate surface area is 407 Å². The van der Waals surface area contributed by atoms with Crippen molar-refractivity contribution < 1.29 is 75.1 Å². The van der Waals surface area contributed by atoms with E-state index in [2.05, 4.69) is 0 Å². The van der Waals surface area contributed by atoms with Crippen molar-refractivity contribution in [1.82, 2.24) is 19.6 Å². The van der Waals surface area contributed by atoms with Gasteiger partial charge in [0, 0.05) is 38.8 Å². The van der Waals surface area contributed by atoms with Gasteiger partial charge in [0.15, 0.2) is 0 Å². The lowest BCUT2D eigenvalue weighted by atomic mass is 9.87. The minimum absolute atomic E-state index is 0.00120. The van der Waals surface area contributed by atoms with Gasteiger partial charge in [-0.1, -0.05) is 27.7 Å². The second-order valence-electron chi connectivity index (χ2n) is 20.5. The molecule has 0 aromatic heterocycles. The van der Waals surface area contributed by atoms with E-state index >= 15 is 0 Å². The molecule has 20 heteroatoms. The summed E-state index contributed by atoms with van der Waals surface area (Å²) >= 11 is 0. The van der Waals surface area contributed by atoms with Gasteiger partial charge in [-0.15, -0.1) is 0 Å². The average molecular weight is 995 g/mol. The van der Waals surface area contributed by atoms with Gasteiger partial charge in [0.2, 0.25) is 11.8 Å². The van der Waals surface area contributed by atoms with Gasteiger partial charge in [-0.3, -0.25) is 14.5 Å². The number of benzene rings is 2. The van der Waals surface area contributed by atoms with Crippen LogP contribution in [0.5, 0.6) is 0 Å². The Morgan fingerprint density at radius 2 is 1.11 bits per heavy atom. The molecule has 4 aliphatic rings. The predicted octanol–water partition coefficient (Wildman–Crippen LogP) is 8.78. The van der Waals surface area contributed by atoms with Crippen LogP contribution in [-0.4, -0.2) is 136 Å². The molecule has 0 unspecified atom stereocenters. The van der Waals surface area contributed by atoms with Crippen molar-refractivity contribution in [2.45, 2.75) is 156 Å². The van der Waals surface area contributed by atoms with E-state index in [1.807, 2.05) is 48.5 Å². The lowest BCUT2D eigenvalue weighted by Gasteiger charge is -2.35.